The molecule has 4 rings (SSSR count). The summed E-state index contributed by atoms with van der Waals surface area (Å²) in [4.78, 5) is 28.8. The molecular weight excluding hydrogens is 362 g/mol. The van der Waals surface area contributed by atoms with Crippen molar-refractivity contribution < 1.29 is 9.59 Å². The lowest BCUT2D eigenvalue weighted by atomic mass is 10.0. The van der Waals surface area contributed by atoms with Crippen LogP contribution in [0, 0.1) is 0 Å². The monoisotopic (exact) mass is 391 g/mol. The molecule has 0 saturated carbocycles. The molecule has 0 N–H and O–H groups in total. The first-order chi connectivity index (χ1) is 13.9. The molecule has 2 aromatic carbocycles. The highest BCUT2D eigenvalue weighted by Crippen LogP contribution is 2.31. The van der Waals surface area contributed by atoms with Gasteiger partial charge in [-0.05, 0) is 76.8 Å². The molecule has 0 radical (unpaired) electrons. The lowest BCUT2D eigenvalue weighted by Crippen LogP contribution is -2.31. The van der Waals surface area contributed by atoms with E-state index in [1.54, 1.807) is 13.8 Å². The average molecular weight is 392 g/mol. The Labute approximate surface area is 171 Å². The number of ketones is 2. The number of benzene rings is 2. The number of carbonyl (C=O) groups is 2. The molecule has 1 aliphatic heterocycles. The van der Waals surface area contributed by atoms with Crippen LogP contribution in [0.25, 0.3) is 21.8 Å². The smallest absolute Gasteiger partial charge is 0.159 e. The largest absolute Gasteiger partial charge is 0.339 e. The van der Waals surface area contributed by atoms with Gasteiger partial charge in [0, 0.05) is 59.1 Å². The van der Waals surface area contributed by atoms with Crippen LogP contribution < -0.4 is 0 Å². The van der Waals surface area contributed by atoms with E-state index in [0.29, 0.717) is 11.1 Å². The molecule has 1 fully saturated rings. The summed E-state index contributed by atoms with van der Waals surface area (Å²) in [5.74, 6) is 0.119. The fourth-order valence-corrected chi connectivity index (χ4v) is 4.35. The minimum Gasteiger partial charge on any atom is -0.339 e. The maximum atomic E-state index is 11.9. The van der Waals surface area contributed by atoms with E-state index >= 15 is 0 Å². The lowest BCUT2D eigenvalue weighted by molar-refractivity contribution is 0.100. The van der Waals surface area contributed by atoms with Crippen molar-refractivity contribution >= 4 is 33.4 Å². The van der Waals surface area contributed by atoms with Crippen molar-refractivity contribution in [3.8, 4) is 0 Å². The number of Topliss-reactive ketones (excluding diaryl/α,β-unsaturated/α-hetero) is 2. The molecule has 1 aromatic heterocycles. The first kappa shape index (κ1) is 19.8. The molecule has 0 atom stereocenters. The molecule has 1 aliphatic rings. The third-order valence-electron chi connectivity index (χ3n) is 6.13. The minimum absolute atomic E-state index is 0.0595. The van der Waals surface area contributed by atoms with Crippen LogP contribution in [0.1, 0.15) is 41.0 Å². The SMILES string of the molecule is CC(=O)c1ccc2c(c1)c1cc(C(C)=O)ccc1n2CCN1CCCN(C)CC1. The van der Waals surface area contributed by atoms with Gasteiger partial charge in [0.1, 0.15) is 0 Å². The van der Waals surface area contributed by atoms with Crippen LogP contribution in [0.3, 0.4) is 0 Å². The first-order valence-corrected chi connectivity index (χ1v) is 10.4. The Morgan fingerprint density at radius 3 is 1.93 bits per heavy atom. The molecule has 0 aliphatic carbocycles. The predicted molar refractivity (Wildman–Crippen MR) is 118 cm³/mol. The average Bonchev–Trinajstić information content (AvgIpc) is 2.85. The molecule has 3 aromatic rings. The highest BCUT2D eigenvalue weighted by molar-refractivity contribution is 6.12. The van der Waals surface area contributed by atoms with Crippen molar-refractivity contribution in [2.75, 3.05) is 39.8 Å². The van der Waals surface area contributed by atoms with Gasteiger partial charge in [0.05, 0.1) is 0 Å². The van der Waals surface area contributed by atoms with Crippen LogP contribution in [0.5, 0.6) is 0 Å². The molecule has 2 heterocycles. The quantitative estimate of drug-likeness (QED) is 0.620. The third kappa shape index (κ3) is 3.98. The zero-order chi connectivity index (χ0) is 20.5. The minimum atomic E-state index is 0.0595. The molecule has 5 heteroatoms. The molecule has 0 amide bonds. The summed E-state index contributed by atoms with van der Waals surface area (Å²) in [6.07, 6.45) is 1.20. The van der Waals surface area contributed by atoms with Gasteiger partial charge in [-0.2, -0.15) is 0 Å². The van der Waals surface area contributed by atoms with Gasteiger partial charge in [0.25, 0.3) is 0 Å². The Morgan fingerprint density at radius 1 is 0.793 bits per heavy atom. The highest BCUT2D eigenvalue weighted by atomic mass is 16.1. The molecule has 0 unspecified atom stereocenters. The van der Waals surface area contributed by atoms with Crippen LogP contribution in [0.4, 0.5) is 0 Å². The molecule has 0 spiro atoms. The summed E-state index contributed by atoms with van der Waals surface area (Å²) in [6, 6.07) is 11.9. The number of hydrogen-bond acceptors (Lipinski definition) is 4. The Kier molecular flexibility index (Phi) is 5.52. The Balaban J connectivity index is 1.75. The molecule has 152 valence electrons. The zero-order valence-electron chi connectivity index (χ0n) is 17.6. The number of likely N-dealkylation sites (N-methyl/N-ethyl adjacent to an activating group) is 1. The van der Waals surface area contributed by atoms with Gasteiger partial charge in [-0.25, -0.2) is 0 Å². The van der Waals surface area contributed by atoms with Crippen LogP contribution in [-0.4, -0.2) is 65.7 Å². The molecular formula is C24H29N3O2. The zero-order valence-corrected chi connectivity index (χ0v) is 17.6. The highest BCUT2D eigenvalue weighted by Gasteiger charge is 2.16. The summed E-state index contributed by atoms with van der Waals surface area (Å²) in [6.45, 7) is 9.57. The van der Waals surface area contributed by atoms with Gasteiger partial charge in [-0.1, -0.05) is 0 Å². The normalized spacial score (nSPS) is 16.4. The van der Waals surface area contributed by atoms with E-state index in [1.165, 1.54) is 6.42 Å². The maximum absolute atomic E-state index is 11.9. The van der Waals surface area contributed by atoms with Crippen molar-refractivity contribution in [1.29, 1.82) is 0 Å². The number of nitrogens with zero attached hydrogens (tertiary/aromatic N) is 3. The van der Waals surface area contributed by atoms with E-state index in [0.717, 1.165) is 61.1 Å². The van der Waals surface area contributed by atoms with Crippen molar-refractivity contribution in [1.82, 2.24) is 14.4 Å². The number of rotatable bonds is 5. The van der Waals surface area contributed by atoms with Crippen molar-refractivity contribution in [2.45, 2.75) is 26.8 Å². The number of hydrogen-bond donors (Lipinski definition) is 0. The summed E-state index contributed by atoms with van der Waals surface area (Å²) >= 11 is 0. The van der Waals surface area contributed by atoms with Crippen LogP contribution in [-0.2, 0) is 6.54 Å². The van der Waals surface area contributed by atoms with Crippen molar-refractivity contribution in [3.05, 3.63) is 47.5 Å². The first-order valence-electron chi connectivity index (χ1n) is 10.4. The van der Waals surface area contributed by atoms with Crippen LogP contribution >= 0.6 is 0 Å². The Bertz CT molecular complexity index is 1010. The second-order valence-electron chi connectivity index (χ2n) is 8.23. The van der Waals surface area contributed by atoms with E-state index in [2.05, 4.69) is 33.5 Å². The predicted octanol–water partition coefficient (Wildman–Crippen LogP) is 3.84. The van der Waals surface area contributed by atoms with Crippen LogP contribution in [0.2, 0.25) is 0 Å². The second kappa shape index (κ2) is 8.09. The molecule has 1 saturated heterocycles. The fraction of sp³-hybridized carbons (Fsp3) is 0.417. The Morgan fingerprint density at radius 2 is 1.38 bits per heavy atom. The summed E-state index contributed by atoms with van der Waals surface area (Å²) < 4.78 is 2.34. The van der Waals surface area contributed by atoms with Crippen LogP contribution in [0.15, 0.2) is 36.4 Å². The van der Waals surface area contributed by atoms with Gasteiger partial charge in [-0.3, -0.25) is 9.59 Å². The standard InChI is InChI=1S/C24H29N3O2/c1-17(28)19-5-7-23-21(15-19)22-16-20(18(2)29)6-8-24(22)27(23)14-13-26-10-4-9-25(3)11-12-26/h5-8,15-16H,4,9-14H2,1-3H3. The van der Waals surface area contributed by atoms with Gasteiger partial charge >= 0.3 is 0 Å². The lowest BCUT2D eigenvalue weighted by Gasteiger charge is -2.21. The van der Waals surface area contributed by atoms with Gasteiger partial charge in [0.15, 0.2) is 11.6 Å². The number of fused-ring (bicyclic) bond motifs is 3. The third-order valence-corrected chi connectivity index (χ3v) is 6.13. The second-order valence-corrected chi connectivity index (χ2v) is 8.23. The Hall–Kier alpha value is -2.50. The van der Waals surface area contributed by atoms with E-state index < -0.39 is 0 Å². The van der Waals surface area contributed by atoms with Crippen molar-refractivity contribution in [3.63, 3.8) is 0 Å². The number of carbonyl (C=O) groups excluding carboxylic acids is 2. The van der Waals surface area contributed by atoms with E-state index in [-0.39, 0.29) is 11.6 Å². The summed E-state index contributed by atoms with van der Waals surface area (Å²) in [5.41, 5.74) is 3.66. The van der Waals surface area contributed by atoms with E-state index in [4.69, 9.17) is 0 Å². The van der Waals surface area contributed by atoms with Crippen molar-refractivity contribution in [2.24, 2.45) is 0 Å². The topological polar surface area (TPSA) is 45.6 Å². The number of aromatic nitrogens is 1. The summed E-state index contributed by atoms with van der Waals surface area (Å²) in [5, 5.41) is 2.10. The van der Waals surface area contributed by atoms with Gasteiger partial charge < -0.3 is 14.4 Å². The molecule has 5 nitrogen and oxygen atoms in total. The summed E-state index contributed by atoms with van der Waals surface area (Å²) in [7, 11) is 2.19. The van der Waals surface area contributed by atoms with E-state index in [1.807, 2.05) is 24.3 Å². The fourth-order valence-electron chi connectivity index (χ4n) is 4.35. The maximum Gasteiger partial charge on any atom is 0.159 e. The molecule has 29 heavy (non-hydrogen) atoms. The van der Waals surface area contributed by atoms with E-state index in [9.17, 15) is 9.59 Å². The van der Waals surface area contributed by atoms with Gasteiger partial charge in [-0.15, -0.1) is 0 Å². The van der Waals surface area contributed by atoms with Gasteiger partial charge in [0.2, 0.25) is 0 Å². The molecule has 0 bridgehead atoms.